The summed E-state index contributed by atoms with van der Waals surface area (Å²) in [6, 6.07) is 8.21. The summed E-state index contributed by atoms with van der Waals surface area (Å²) >= 11 is 6.11. The molecule has 1 heterocycles. The quantitative estimate of drug-likeness (QED) is 0.870. The van der Waals surface area contributed by atoms with E-state index in [1.165, 1.54) is 5.56 Å². The van der Waals surface area contributed by atoms with E-state index in [0.717, 1.165) is 31.2 Å². The Labute approximate surface area is 144 Å². The first kappa shape index (κ1) is 21.0. The Morgan fingerprint density at radius 2 is 1.90 bits per heavy atom. The van der Waals surface area contributed by atoms with Crippen LogP contribution >= 0.6 is 36.4 Å². The smallest absolute Gasteiger partial charge is 0.0610 e. The Morgan fingerprint density at radius 1 is 1.29 bits per heavy atom. The molecule has 6 heteroatoms. The van der Waals surface area contributed by atoms with E-state index in [4.69, 9.17) is 11.6 Å². The van der Waals surface area contributed by atoms with Crippen molar-refractivity contribution in [2.75, 3.05) is 26.2 Å². The second kappa shape index (κ2) is 9.19. The molecule has 1 fully saturated rings. The summed E-state index contributed by atoms with van der Waals surface area (Å²) in [4.78, 5) is 2.43. The van der Waals surface area contributed by atoms with Crippen molar-refractivity contribution < 1.29 is 5.11 Å². The zero-order valence-electron chi connectivity index (χ0n) is 12.5. The predicted octanol–water partition coefficient (Wildman–Crippen LogP) is 3.29. The molecule has 0 aromatic heterocycles. The van der Waals surface area contributed by atoms with Crippen molar-refractivity contribution in [2.45, 2.75) is 31.9 Å². The predicted molar refractivity (Wildman–Crippen MR) is 94.0 cm³/mol. The van der Waals surface area contributed by atoms with Crippen LogP contribution in [0.25, 0.3) is 0 Å². The lowest BCUT2D eigenvalue weighted by atomic mass is 9.92. The van der Waals surface area contributed by atoms with Crippen LogP contribution in [-0.4, -0.2) is 41.8 Å². The lowest BCUT2D eigenvalue weighted by Gasteiger charge is -2.38. The second-order valence-electron chi connectivity index (χ2n) is 5.87. The van der Waals surface area contributed by atoms with Gasteiger partial charge in [-0.15, -0.1) is 24.8 Å². The van der Waals surface area contributed by atoms with E-state index in [-0.39, 0.29) is 30.9 Å². The van der Waals surface area contributed by atoms with E-state index in [2.05, 4.69) is 16.3 Å². The van der Waals surface area contributed by atoms with E-state index in [9.17, 15) is 5.11 Å². The van der Waals surface area contributed by atoms with E-state index in [1.807, 2.05) is 32.0 Å². The first-order valence-electron chi connectivity index (χ1n) is 6.88. The van der Waals surface area contributed by atoms with Gasteiger partial charge in [-0.3, -0.25) is 4.90 Å². The van der Waals surface area contributed by atoms with Crippen molar-refractivity contribution in [3.05, 3.63) is 34.9 Å². The summed E-state index contributed by atoms with van der Waals surface area (Å²) in [7, 11) is 0. The highest BCUT2D eigenvalue weighted by Gasteiger charge is 2.28. The molecule has 0 saturated carbocycles. The van der Waals surface area contributed by atoms with Crippen LogP contribution in [-0.2, 0) is 0 Å². The van der Waals surface area contributed by atoms with Crippen LogP contribution in [0.5, 0.6) is 0 Å². The Kier molecular flexibility index (Phi) is 9.17. The van der Waals surface area contributed by atoms with Gasteiger partial charge in [0.15, 0.2) is 0 Å². The molecule has 0 spiro atoms. The van der Waals surface area contributed by atoms with Crippen LogP contribution in [0.1, 0.15) is 31.9 Å². The number of nitrogens with zero attached hydrogens (tertiary/aromatic N) is 1. The molecule has 1 saturated heterocycles. The van der Waals surface area contributed by atoms with Gasteiger partial charge in [0.25, 0.3) is 0 Å². The van der Waals surface area contributed by atoms with Crippen LogP contribution in [0, 0.1) is 0 Å². The molecular formula is C15H25Cl3N2O. The largest absolute Gasteiger partial charge is 0.390 e. The Bertz CT molecular complexity index is 418. The fraction of sp³-hybridized carbons (Fsp3) is 0.600. The highest BCUT2D eigenvalue weighted by molar-refractivity contribution is 6.30. The molecule has 1 atom stereocenters. The fourth-order valence-corrected chi connectivity index (χ4v) is 2.84. The van der Waals surface area contributed by atoms with E-state index in [1.54, 1.807) is 0 Å². The molecule has 0 radical (unpaired) electrons. The topological polar surface area (TPSA) is 35.5 Å². The summed E-state index contributed by atoms with van der Waals surface area (Å²) in [6.07, 6.45) is 0.716. The Morgan fingerprint density at radius 3 is 2.43 bits per heavy atom. The number of rotatable bonds is 4. The van der Waals surface area contributed by atoms with Crippen molar-refractivity contribution >= 4 is 36.4 Å². The van der Waals surface area contributed by atoms with Crippen molar-refractivity contribution in [2.24, 2.45) is 0 Å². The monoisotopic (exact) mass is 354 g/mol. The number of piperazine rings is 1. The number of hydrogen-bond donors (Lipinski definition) is 2. The second-order valence-corrected chi connectivity index (χ2v) is 6.31. The van der Waals surface area contributed by atoms with Gasteiger partial charge in [-0.25, -0.2) is 0 Å². The maximum atomic E-state index is 10.2. The summed E-state index contributed by atoms with van der Waals surface area (Å²) in [6.45, 7) is 7.76. The van der Waals surface area contributed by atoms with Gasteiger partial charge in [0.1, 0.15) is 0 Å². The molecule has 1 aromatic carbocycles. The van der Waals surface area contributed by atoms with E-state index >= 15 is 0 Å². The number of hydrogen-bond acceptors (Lipinski definition) is 3. The molecule has 1 aliphatic heterocycles. The number of halogens is 3. The fourth-order valence-electron chi connectivity index (χ4n) is 2.64. The molecule has 21 heavy (non-hydrogen) atoms. The van der Waals surface area contributed by atoms with Crippen LogP contribution in [0.2, 0.25) is 5.02 Å². The Balaban J connectivity index is 0.00000200. The van der Waals surface area contributed by atoms with Crippen molar-refractivity contribution in [3.8, 4) is 0 Å². The molecule has 0 bridgehead atoms. The standard InChI is InChI=1S/C15H23ClN2O.2ClH/c1-15(2,19)11-14(18-8-6-17-7-9-18)12-4-3-5-13(16)10-12;;/h3-5,10,14,17,19H,6-9,11H2,1-2H3;2*1H. The van der Waals surface area contributed by atoms with Crippen molar-refractivity contribution in [1.29, 1.82) is 0 Å². The minimum atomic E-state index is -0.683. The first-order valence-corrected chi connectivity index (χ1v) is 7.26. The van der Waals surface area contributed by atoms with Crippen LogP contribution in [0.3, 0.4) is 0 Å². The highest BCUT2D eigenvalue weighted by atomic mass is 35.5. The molecule has 2 N–H and O–H groups in total. The first-order chi connectivity index (χ1) is 8.96. The summed E-state index contributed by atoms with van der Waals surface area (Å²) in [5.41, 5.74) is 0.509. The molecule has 3 nitrogen and oxygen atoms in total. The molecule has 1 aliphatic rings. The van der Waals surface area contributed by atoms with Gasteiger partial charge in [0, 0.05) is 37.2 Å². The SMILES string of the molecule is CC(C)(O)CC(c1cccc(Cl)c1)N1CCNCC1.Cl.Cl. The minimum Gasteiger partial charge on any atom is -0.390 e. The lowest BCUT2D eigenvalue weighted by Crippen LogP contribution is -2.46. The molecule has 122 valence electrons. The third-order valence-electron chi connectivity index (χ3n) is 3.52. The van der Waals surface area contributed by atoms with E-state index < -0.39 is 5.60 Å². The summed E-state index contributed by atoms with van der Waals surface area (Å²) < 4.78 is 0. The molecule has 1 aromatic rings. The molecule has 2 rings (SSSR count). The highest BCUT2D eigenvalue weighted by Crippen LogP contribution is 2.31. The maximum Gasteiger partial charge on any atom is 0.0610 e. The number of benzene rings is 1. The van der Waals surface area contributed by atoms with Gasteiger partial charge in [0.2, 0.25) is 0 Å². The maximum absolute atomic E-state index is 10.2. The third-order valence-corrected chi connectivity index (χ3v) is 3.75. The van der Waals surface area contributed by atoms with Gasteiger partial charge in [-0.2, -0.15) is 0 Å². The van der Waals surface area contributed by atoms with Gasteiger partial charge in [-0.05, 0) is 38.0 Å². The van der Waals surface area contributed by atoms with Gasteiger partial charge >= 0.3 is 0 Å². The van der Waals surface area contributed by atoms with Gasteiger partial charge in [-0.1, -0.05) is 23.7 Å². The molecular weight excluding hydrogens is 331 g/mol. The number of nitrogens with one attached hydrogen (secondary N) is 1. The van der Waals surface area contributed by atoms with Crippen molar-refractivity contribution in [1.82, 2.24) is 10.2 Å². The molecule has 0 amide bonds. The average Bonchev–Trinajstić information content (AvgIpc) is 2.36. The summed E-state index contributed by atoms with van der Waals surface area (Å²) in [5, 5.41) is 14.3. The van der Waals surface area contributed by atoms with E-state index in [0.29, 0.717) is 6.42 Å². The van der Waals surface area contributed by atoms with Crippen molar-refractivity contribution in [3.63, 3.8) is 0 Å². The number of aliphatic hydroxyl groups is 1. The lowest BCUT2D eigenvalue weighted by molar-refractivity contribution is 0.0293. The van der Waals surface area contributed by atoms with Crippen LogP contribution in [0.4, 0.5) is 0 Å². The van der Waals surface area contributed by atoms with Crippen LogP contribution < -0.4 is 5.32 Å². The zero-order valence-corrected chi connectivity index (χ0v) is 14.9. The summed E-state index contributed by atoms with van der Waals surface area (Å²) in [5.74, 6) is 0. The van der Waals surface area contributed by atoms with Gasteiger partial charge in [0.05, 0.1) is 5.60 Å². The Hall–Kier alpha value is -0.0300. The third kappa shape index (κ3) is 6.72. The minimum absolute atomic E-state index is 0. The average molecular weight is 356 g/mol. The molecule has 1 unspecified atom stereocenters. The van der Waals surface area contributed by atoms with Gasteiger partial charge < -0.3 is 10.4 Å². The normalized spacial score (nSPS) is 17.5. The zero-order chi connectivity index (χ0) is 13.9. The molecule has 0 aliphatic carbocycles. The van der Waals surface area contributed by atoms with Crippen LogP contribution in [0.15, 0.2) is 24.3 Å².